The molecule has 0 aliphatic carbocycles. The van der Waals surface area contributed by atoms with Crippen molar-refractivity contribution in [2.45, 2.75) is 6.42 Å². The van der Waals surface area contributed by atoms with E-state index in [-0.39, 0.29) is 12.1 Å². The van der Waals surface area contributed by atoms with E-state index in [1.54, 1.807) is 18.2 Å². The number of hydrogen-bond acceptors (Lipinski definition) is 3. The van der Waals surface area contributed by atoms with Crippen LogP contribution in [0.1, 0.15) is 5.56 Å². The van der Waals surface area contributed by atoms with Crippen LogP contribution in [0.2, 0.25) is 10.0 Å². The zero-order valence-electron chi connectivity index (χ0n) is 11.8. The van der Waals surface area contributed by atoms with Gasteiger partial charge in [0, 0.05) is 5.69 Å². The van der Waals surface area contributed by atoms with Crippen molar-refractivity contribution >= 4 is 40.8 Å². The van der Waals surface area contributed by atoms with Crippen LogP contribution in [0.5, 0.6) is 0 Å². The van der Waals surface area contributed by atoms with Crippen LogP contribution < -0.4 is 5.32 Å². The first-order chi connectivity index (χ1) is 10.9. The van der Waals surface area contributed by atoms with Crippen molar-refractivity contribution in [3.8, 4) is 0 Å². The van der Waals surface area contributed by atoms with Crippen molar-refractivity contribution in [2.75, 3.05) is 11.9 Å². The van der Waals surface area contributed by atoms with E-state index in [1.165, 1.54) is 18.2 Å². The Morgan fingerprint density at radius 1 is 1.09 bits per heavy atom. The normalized spacial score (nSPS) is 10.2. The van der Waals surface area contributed by atoms with Crippen molar-refractivity contribution in [2.24, 2.45) is 0 Å². The lowest BCUT2D eigenvalue weighted by Crippen LogP contribution is -2.21. The third kappa shape index (κ3) is 5.54. The van der Waals surface area contributed by atoms with Gasteiger partial charge in [0.2, 0.25) is 0 Å². The molecule has 1 amide bonds. The summed E-state index contributed by atoms with van der Waals surface area (Å²) in [7, 11) is 0. The Bertz CT molecular complexity index is 737. The molecule has 0 spiro atoms. The summed E-state index contributed by atoms with van der Waals surface area (Å²) in [5.41, 5.74) is 0.908. The van der Waals surface area contributed by atoms with Gasteiger partial charge in [0.05, 0.1) is 16.5 Å². The fraction of sp³-hybridized carbons (Fsp3) is 0.125. The van der Waals surface area contributed by atoms with Gasteiger partial charge in [-0.2, -0.15) is 0 Å². The van der Waals surface area contributed by atoms with Gasteiger partial charge in [-0.05, 0) is 35.9 Å². The average molecular weight is 356 g/mol. The topological polar surface area (TPSA) is 55.4 Å². The number of esters is 1. The highest BCUT2D eigenvalue weighted by Gasteiger charge is 2.10. The zero-order chi connectivity index (χ0) is 16.8. The first-order valence-corrected chi connectivity index (χ1v) is 7.34. The molecule has 7 heteroatoms. The molecule has 0 aromatic heterocycles. The maximum atomic E-state index is 13.0. The Kier molecular flexibility index (Phi) is 5.96. The molecular weight excluding hydrogens is 344 g/mol. The van der Waals surface area contributed by atoms with Gasteiger partial charge >= 0.3 is 5.97 Å². The third-order valence-electron chi connectivity index (χ3n) is 2.81. The van der Waals surface area contributed by atoms with Gasteiger partial charge in [0.1, 0.15) is 5.82 Å². The third-order valence-corrected chi connectivity index (χ3v) is 3.54. The number of ether oxygens (including phenoxy) is 1. The summed E-state index contributed by atoms with van der Waals surface area (Å²) in [6, 6.07) is 10.2. The van der Waals surface area contributed by atoms with E-state index in [0.717, 1.165) is 6.07 Å². The van der Waals surface area contributed by atoms with Crippen molar-refractivity contribution < 1.29 is 18.7 Å². The number of halogens is 3. The van der Waals surface area contributed by atoms with Crippen LogP contribution in [0.3, 0.4) is 0 Å². The van der Waals surface area contributed by atoms with Crippen molar-refractivity contribution in [3.63, 3.8) is 0 Å². The minimum atomic E-state index is -0.585. The number of benzene rings is 2. The molecule has 0 heterocycles. The lowest BCUT2D eigenvalue weighted by molar-refractivity contribution is -0.146. The van der Waals surface area contributed by atoms with Crippen molar-refractivity contribution in [1.82, 2.24) is 0 Å². The molecule has 0 saturated carbocycles. The molecular formula is C16H12Cl2FNO3. The van der Waals surface area contributed by atoms with E-state index in [4.69, 9.17) is 27.9 Å². The summed E-state index contributed by atoms with van der Waals surface area (Å²) in [5.74, 6) is -1.62. The smallest absolute Gasteiger partial charge is 0.310 e. The predicted molar refractivity (Wildman–Crippen MR) is 86.2 cm³/mol. The first-order valence-electron chi connectivity index (χ1n) is 6.59. The molecule has 0 aliphatic rings. The molecule has 0 bridgehead atoms. The minimum absolute atomic E-state index is 0.0376. The molecule has 0 saturated heterocycles. The molecule has 23 heavy (non-hydrogen) atoms. The van der Waals surface area contributed by atoms with E-state index in [0.29, 0.717) is 15.6 Å². The van der Waals surface area contributed by atoms with Crippen LogP contribution in [0.4, 0.5) is 10.1 Å². The lowest BCUT2D eigenvalue weighted by atomic mass is 10.1. The predicted octanol–water partition coefficient (Wildman–Crippen LogP) is 3.86. The highest BCUT2D eigenvalue weighted by atomic mass is 35.5. The molecule has 2 aromatic carbocycles. The largest absolute Gasteiger partial charge is 0.455 e. The SMILES string of the molecule is O=C(COC(=O)Cc1ccc(Cl)c(Cl)c1)Nc1cccc(F)c1. The Morgan fingerprint density at radius 3 is 2.57 bits per heavy atom. The quantitative estimate of drug-likeness (QED) is 0.828. The van der Waals surface area contributed by atoms with Crippen LogP contribution in [0.25, 0.3) is 0 Å². The zero-order valence-corrected chi connectivity index (χ0v) is 13.3. The van der Waals surface area contributed by atoms with Gasteiger partial charge in [-0.25, -0.2) is 4.39 Å². The summed E-state index contributed by atoms with van der Waals surface area (Å²) < 4.78 is 17.8. The van der Waals surface area contributed by atoms with Crippen molar-refractivity contribution in [3.05, 3.63) is 63.9 Å². The van der Waals surface area contributed by atoms with Crippen LogP contribution in [0.15, 0.2) is 42.5 Å². The van der Waals surface area contributed by atoms with Gasteiger partial charge in [0.25, 0.3) is 5.91 Å². The average Bonchev–Trinajstić information content (AvgIpc) is 2.49. The number of carbonyl (C=O) groups excluding carboxylic acids is 2. The maximum absolute atomic E-state index is 13.0. The Labute approximate surface area is 142 Å². The first kappa shape index (κ1) is 17.2. The molecule has 1 N–H and O–H groups in total. The van der Waals surface area contributed by atoms with E-state index in [9.17, 15) is 14.0 Å². The van der Waals surface area contributed by atoms with Gasteiger partial charge < -0.3 is 10.1 Å². The second-order valence-corrected chi connectivity index (χ2v) is 5.46. The summed E-state index contributed by atoms with van der Waals surface area (Å²) in [4.78, 5) is 23.3. The number of carbonyl (C=O) groups is 2. The number of anilines is 1. The molecule has 0 fully saturated rings. The van der Waals surface area contributed by atoms with Gasteiger partial charge in [-0.1, -0.05) is 35.3 Å². The molecule has 2 rings (SSSR count). The number of hydrogen-bond donors (Lipinski definition) is 1. The second kappa shape index (κ2) is 7.94. The summed E-state index contributed by atoms with van der Waals surface area (Å²) in [6.45, 7) is -0.462. The molecule has 0 atom stereocenters. The van der Waals surface area contributed by atoms with Crippen molar-refractivity contribution in [1.29, 1.82) is 0 Å². The lowest BCUT2D eigenvalue weighted by Gasteiger charge is -2.07. The Hall–Kier alpha value is -2.11. The van der Waals surface area contributed by atoms with E-state index in [2.05, 4.69) is 5.32 Å². The summed E-state index contributed by atoms with van der Waals surface area (Å²) in [6.07, 6.45) is -0.0376. The minimum Gasteiger partial charge on any atom is -0.455 e. The second-order valence-electron chi connectivity index (χ2n) is 4.64. The molecule has 120 valence electrons. The number of amides is 1. The Balaban J connectivity index is 1.81. The molecule has 2 aromatic rings. The fourth-order valence-corrected chi connectivity index (χ4v) is 2.10. The fourth-order valence-electron chi connectivity index (χ4n) is 1.78. The van der Waals surface area contributed by atoms with Crippen LogP contribution in [-0.2, 0) is 20.7 Å². The van der Waals surface area contributed by atoms with Gasteiger partial charge in [-0.15, -0.1) is 0 Å². The number of rotatable bonds is 5. The van der Waals surface area contributed by atoms with Crippen LogP contribution in [-0.4, -0.2) is 18.5 Å². The summed E-state index contributed by atoms with van der Waals surface area (Å²) in [5, 5.41) is 3.15. The van der Waals surface area contributed by atoms with Gasteiger partial charge in [-0.3, -0.25) is 9.59 Å². The van der Waals surface area contributed by atoms with E-state index < -0.39 is 24.3 Å². The summed E-state index contributed by atoms with van der Waals surface area (Å²) >= 11 is 11.6. The number of nitrogens with one attached hydrogen (secondary N) is 1. The van der Waals surface area contributed by atoms with Gasteiger partial charge in [0.15, 0.2) is 6.61 Å². The molecule has 4 nitrogen and oxygen atoms in total. The van der Waals surface area contributed by atoms with Crippen LogP contribution in [0, 0.1) is 5.82 Å². The van der Waals surface area contributed by atoms with E-state index >= 15 is 0 Å². The van der Waals surface area contributed by atoms with Crippen LogP contribution >= 0.6 is 23.2 Å². The standard InChI is InChI=1S/C16H12Cl2FNO3/c17-13-5-4-10(6-14(13)18)7-16(22)23-9-15(21)20-12-3-1-2-11(19)8-12/h1-6,8H,7,9H2,(H,20,21). The maximum Gasteiger partial charge on any atom is 0.310 e. The molecule has 0 aliphatic heterocycles. The van der Waals surface area contributed by atoms with E-state index in [1.807, 2.05) is 0 Å². The Morgan fingerprint density at radius 2 is 1.87 bits per heavy atom. The molecule has 0 radical (unpaired) electrons. The molecule has 0 unspecified atom stereocenters. The highest BCUT2D eigenvalue weighted by Crippen LogP contribution is 2.22. The monoisotopic (exact) mass is 355 g/mol. The highest BCUT2D eigenvalue weighted by molar-refractivity contribution is 6.42.